The molecular formula is C22H29ClN2O6S. The van der Waals surface area contributed by atoms with Crippen molar-refractivity contribution < 1.29 is 27.4 Å². The molecule has 2 aromatic carbocycles. The van der Waals surface area contributed by atoms with E-state index in [1.54, 1.807) is 12.1 Å². The fraction of sp³-hybridized carbons (Fsp3) is 0.409. The van der Waals surface area contributed by atoms with Crippen LogP contribution in [0.4, 0.5) is 5.69 Å². The van der Waals surface area contributed by atoms with E-state index in [9.17, 15) is 13.2 Å². The Kier molecular flexibility index (Phi) is 8.63. The molecule has 0 heterocycles. The molecule has 10 heteroatoms. The molecule has 2 rings (SSSR count). The van der Waals surface area contributed by atoms with Crippen LogP contribution >= 0.6 is 11.6 Å². The minimum Gasteiger partial charge on any atom is -0.495 e. The van der Waals surface area contributed by atoms with E-state index < -0.39 is 22.5 Å². The molecule has 0 bridgehead atoms. The van der Waals surface area contributed by atoms with E-state index >= 15 is 0 Å². The Bertz CT molecular complexity index is 1060. The van der Waals surface area contributed by atoms with Crippen LogP contribution in [0.3, 0.4) is 0 Å². The maximum atomic E-state index is 13.7. The fourth-order valence-electron chi connectivity index (χ4n) is 2.86. The molecule has 0 saturated carbocycles. The summed E-state index contributed by atoms with van der Waals surface area (Å²) in [6.07, 6.45) is 0. The van der Waals surface area contributed by atoms with Crippen LogP contribution in [-0.2, 0) is 14.8 Å². The van der Waals surface area contributed by atoms with Crippen LogP contribution in [0, 0.1) is 5.92 Å². The van der Waals surface area contributed by atoms with Gasteiger partial charge in [-0.3, -0.25) is 9.10 Å². The van der Waals surface area contributed by atoms with Crippen molar-refractivity contribution in [2.45, 2.75) is 31.7 Å². The highest BCUT2D eigenvalue weighted by molar-refractivity contribution is 7.92. The van der Waals surface area contributed by atoms with E-state index in [2.05, 4.69) is 5.32 Å². The predicted octanol–water partition coefficient (Wildman–Crippen LogP) is 3.72. The third kappa shape index (κ3) is 5.77. The summed E-state index contributed by atoms with van der Waals surface area (Å²) in [5.74, 6) is 0.585. The summed E-state index contributed by atoms with van der Waals surface area (Å²) in [6.45, 7) is 5.31. The summed E-state index contributed by atoms with van der Waals surface area (Å²) in [4.78, 5) is 12.7. The topological polar surface area (TPSA) is 94.2 Å². The SMILES string of the molecule is COc1ccc(S(=O)(=O)N(CC(=O)N[C@@H](C)C(C)C)c2cc(Cl)ccc2OC)cc1OC. The average molecular weight is 485 g/mol. The molecule has 8 nitrogen and oxygen atoms in total. The number of sulfonamides is 1. The third-order valence-electron chi connectivity index (χ3n) is 5.03. The second-order valence-corrected chi connectivity index (χ2v) is 9.74. The van der Waals surface area contributed by atoms with Crippen molar-refractivity contribution >= 4 is 33.2 Å². The van der Waals surface area contributed by atoms with Gasteiger partial charge in [-0.15, -0.1) is 0 Å². The van der Waals surface area contributed by atoms with Gasteiger partial charge in [0.2, 0.25) is 5.91 Å². The van der Waals surface area contributed by atoms with E-state index in [-0.39, 0.29) is 34.0 Å². The van der Waals surface area contributed by atoms with Gasteiger partial charge in [-0.2, -0.15) is 0 Å². The smallest absolute Gasteiger partial charge is 0.265 e. The molecular weight excluding hydrogens is 456 g/mol. The quantitative estimate of drug-likeness (QED) is 0.552. The van der Waals surface area contributed by atoms with E-state index in [0.717, 1.165) is 4.31 Å². The molecule has 32 heavy (non-hydrogen) atoms. The van der Waals surface area contributed by atoms with Crippen LogP contribution < -0.4 is 23.8 Å². The van der Waals surface area contributed by atoms with Gasteiger partial charge in [0.05, 0.1) is 31.9 Å². The standard InChI is InChI=1S/C22H29ClN2O6S/c1-14(2)15(3)24-22(26)13-25(18-11-16(23)7-9-19(18)29-4)32(27,28)17-8-10-20(30-5)21(12-17)31-6/h7-12,14-15H,13H2,1-6H3,(H,24,26)/t15-/m0/s1. The molecule has 0 aliphatic carbocycles. The van der Waals surface area contributed by atoms with Gasteiger partial charge in [0.25, 0.3) is 10.0 Å². The molecule has 0 aromatic heterocycles. The van der Waals surface area contributed by atoms with Crippen molar-refractivity contribution in [1.82, 2.24) is 5.32 Å². The molecule has 1 atom stereocenters. The molecule has 0 saturated heterocycles. The maximum absolute atomic E-state index is 13.7. The Morgan fingerprint density at radius 2 is 1.56 bits per heavy atom. The normalized spacial score (nSPS) is 12.2. The van der Waals surface area contributed by atoms with E-state index in [4.69, 9.17) is 25.8 Å². The lowest BCUT2D eigenvalue weighted by Gasteiger charge is -2.27. The van der Waals surface area contributed by atoms with E-state index in [1.807, 2.05) is 20.8 Å². The number of hydrogen-bond acceptors (Lipinski definition) is 6. The summed E-state index contributed by atoms with van der Waals surface area (Å²) in [6, 6.07) is 8.63. The second kappa shape index (κ2) is 10.8. The number of anilines is 1. The van der Waals surface area contributed by atoms with Crippen LogP contribution in [0.5, 0.6) is 17.2 Å². The Morgan fingerprint density at radius 1 is 0.969 bits per heavy atom. The van der Waals surface area contributed by atoms with Crippen LogP contribution in [0.25, 0.3) is 0 Å². The number of benzene rings is 2. The number of halogens is 1. The number of methoxy groups -OCH3 is 3. The van der Waals surface area contributed by atoms with Crippen LogP contribution in [-0.4, -0.2) is 48.2 Å². The zero-order valence-corrected chi connectivity index (χ0v) is 20.6. The van der Waals surface area contributed by atoms with Crippen molar-refractivity contribution in [1.29, 1.82) is 0 Å². The van der Waals surface area contributed by atoms with E-state index in [1.165, 1.54) is 45.6 Å². The van der Waals surface area contributed by atoms with Crippen molar-refractivity contribution in [3.05, 3.63) is 41.4 Å². The van der Waals surface area contributed by atoms with Crippen molar-refractivity contribution in [2.24, 2.45) is 5.92 Å². The minimum absolute atomic E-state index is 0.0816. The lowest BCUT2D eigenvalue weighted by molar-refractivity contribution is -0.120. The summed E-state index contributed by atoms with van der Waals surface area (Å²) in [5.41, 5.74) is 0.141. The first-order valence-corrected chi connectivity index (χ1v) is 11.7. The first-order chi connectivity index (χ1) is 15.0. The van der Waals surface area contributed by atoms with Crippen LogP contribution in [0.2, 0.25) is 5.02 Å². The van der Waals surface area contributed by atoms with Gasteiger partial charge < -0.3 is 19.5 Å². The average Bonchev–Trinajstić information content (AvgIpc) is 2.76. The summed E-state index contributed by atoms with van der Waals surface area (Å²) in [7, 11) is 0.0610. The molecule has 2 aromatic rings. The Hall–Kier alpha value is -2.65. The molecule has 0 radical (unpaired) electrons. The van der Waals surface area contributed by atoms with Gasteiger partial charge in [-0.25, -0.2) is 8.42 Å². The summed E-state index contributed by atoms with van der Waals surface area (Å²) < 4.78 is 44.1. The van der Waals surface area contributed by atoms with Gasteiger partial charge >= 0.3 is 0 Å². The summed E-state index contributed by atoms with van der Waals surface area (Å²) >= 11 is 6.15. The number of nitrogens with zero attached hydrogens (tertiary/aromatic N) is 1. The van der Waals surface area contributed by atoms with Gasteiger partial charge in [0.1, 0.15) is 12.3 Å². The molecule has 1 N–H and O–H groups in total. The largest absolute Gasteiger partial charge is 0.495 e. The predicted molar refractivity (Wildman–Crippen MR) is 125 cm³/mol. The molecule has 0 aliphatic rings. The number of nitrogens with one attached hydrogen (secondary N) is 1. The zero-order chi connectivity index (χ0) is 24.1. The van der Waals surface area contributed by atoms with Crippen molar-refractivity contribution in [2.75, 3.05) is 32.2 Å². The number of amides is 1. The number of ether oxygens (including phenoxy) is 3. The Labute approximate surface area is 194 Å². The van der Waals surface area contributed by atoms with Crippen molar-refractivity contribution in [3.8, 4) is 17.2 Å². The highest BCUT2D eigenvalue weighted by Gasteiger charge is 2.31. The molecule has 0 unspecified atom stereocenters. The fourth-order valence-corrected chi connectivity index (χ4v) is 4.46. The van der Waals surface area contributed by atoms with Gasteiger partial charge in [-0.05, 0) is 43.2 Å². The highest BCUT2D eigenvalue weighted by Crippen LogP contribution is 2.36. The molecule has 0 fully saturated rings. The molecule has 176 valence electrons. The number of hydrogen-bond donors (Lipinski definition) is 1. The monoisotopic (exact) mass is 484 g/mol. The van der Waals surface area contributed by atoms with Crippen molar-refractivity contribution in [3.63, 3.8) is 0 Å². The third-order valence-corrected chi connectivity index (χ3v) is 7.02. The summed E-state index contributed by atoms with van der Waals surface area (Å²) in [5, 5.41) is 3.13. The zero-order valence-electron chi connectivity index (χ0n) is 19.0. The van der Waals surface area contributed by atoms with Crippen LogP contribution in [0.15, 0.2) is 41.3 Å². The maximum Gasteiger partial charge on any atom is 0.265 e. The van der Waals surface area contributed by atoms with Gasteiger partial charge in [-0.1, -0.05) is 25.4 Å². The van der Waals surface area contributed by atoms with Crippen LogP contribution in [0.1, 0.15) is 20.8 Å². The first kappa shape index (κ1) is 25.6. The number of carbonyl (C=O) groups is 1. The first-order valence-electron chi connectivity index (χ1n) is 9.92. The Morgan fingerprint density at radius 3 is 2.12 bits per heavy atom. The molecule has 0 aliphatic heterocycles. The minimum atomic E-state index is -4.21. The van der Waals surface area contributed by atoms with Gasteiger partial charge in [0, 0.05) is 17.1 Å². The molecule has 0 spiro atoms. The highest BCUT2D eigenvalue weighted by atomic mass is 35.5. The molecule has 1 amide bonds. The number of carbonyl (C=O) groups excluding carboxylic acids is 1. The number of rotatable bonds is 10. The van der Waals surface area contributed by atoms with Gasteiger partial charge in [0.15, 0.2) is 11.5 Å². The van der Waals surface area contributed by atoms with E-state index in [0.29, 0.717) is 10.8 Å². The lowest BCUT2D eigenvalue weighted by Crippen LogP contribution is -2.45. The lowest BCUT2D eigenvalue weighted by atomic mass is 10.1. The second-order valence-electron chi connectivity index (χ2n) is 7.44. The Balaban J connectivity index is 2.60.